The fraction of sp³-hybridized carbons (Fsp3) is 0.417. The van der Waals surface area contributed by atoms with Gasteiger partial charge in [0, 0.05) is 11.5 Å². The summed E-state index contributed by atoms with van der Waals surface area (Å²) < 4.78 is 10.4. The maximum Gasteiger partial charge on any atom is 0.127 e. The van der Waals surface area contributed by atoms with Gasteiger partial charge in [0.15, 0.2) is 0 Å². The molecule has 3 heteroatoms. The molecule has 3 nitrogen and oxygen atoms in total. The quantitative estimate of drug-likeness (QED) is 0.712. The van der Waals surface area contributed by atoms with Crippen LogP contribution in [0.1, 0.15) is 24.0 Å². The van der Waals surface area contributed by atoms with E-state index < -0.39 is 0 Å². The van der Waals surface area contributed by atoms with Gasteiger partial charge >= 0.3 is 0 Å². The lowest BCUT2D eigenvalue weighted by Gasteiger charge is -2.14. The summed E-state index contributed by atoms with van der Waals surface area (Å²) in [5, 5.41) is 0. The SMILES string of the molecule is COc1cc(C(C)C=O)c(OC)cc1C. The Hall–Kier alpha value is -1.51. The normalized spacial score (nSPS) is 12.0. The molecule has 0 fully saturated rings. The molecule has 1 unspecified atom stereocenters. The van der Waals surface area contributed by atoms with E-state index in [1.807, 2.05) is 26.0 Å². The Morgan fingerprint density at radius 2 is 1.80 bits per heavy atom. The van der Waals surface area contributed by atoms with E-state index in [-0.39, 0.29) is 5.92 Å². The van der Waals surface area contributed by atoms with E-state index in [1.165, 1.54) is 0 Å². The van der Waals surface area contributed by atoms with Gasteiger partial charge in [0.2, 0.25) is 0 Å². The van der Waals surface area contributed by atoms with Crippen molar-refractivity contribution in [1.82, 2.24) is 0 Å². The van der Waals surface area contributed by atoms with Crippen LogP contribution in [0.2, 0.25) is 0 Å². The average molecular weight is 208 g/mol. The second-order valence-corrected chi connectivity index (χ2v) is 3.49. The first-order valence-corrected chi connectivity index (χ1v) is 4.81. The van der Waals surface area contributed by atoms with E-state index in [0.717, 1.165) is 28.9 Å². The summed E-state index contributed by atoms with van der Waals surface area (Å²) in [5.41, 5.74) is 1.85. The van der Waals surface area contributed by atoms with E-state index >= 15 is 0 Å². The summed E-state index contributed by atoms with van der Waals surface area (Å²) in [4.78, 5) is 10.8. The molecule has 0 spiro atoms. The van der Waals surface area contributed by atoms with Gasteiger partial charge in [-0.05, 0) is 24.6 Å². The number of carbonyl (C=O) groups excluding carboxylic acids is 1. The minimum absolute atomic E-state index is 0.186. The zero-order chi connectivity index (χ0) is 11.4. The highest BCUT2D eigenvalue weighted by Crippen LogP contribution is 2.32. The first kappa shape index (κ1) is 11.6. The topological polar surface area (TPSA) is 35.5 Å². The van der Waals surface area contributed by atoms with Gasteiger partial charge in [-0.2, -0.15) is 0 Å². The Bertz CT molecular complexity index is 358. The fourth-order valence-electron chi connectivity index (χ4n) is 1.50. The van der Waals surface area contributed by atoms with Crippen LogP contribution in [0.3, 0.4) is 0 Å². The molecule has 0 amide bonds. The molecule has 0 bridgehead atoms. The van der Waals surface area contributed by atoms with Crippen molar-refractivity contribution in [3.05, 3.63) is 23.3 Å². The van der Waals surface area contributed by atoms with Crippen molar-refractivity contribution >= 4 is 6.29 Å². The number of methoxy groups -OCH3 is 2. The Morgan fingerprint density at radius 3 is 2.27 bits per heavy atom. The summed E-state index contributed by atoms with van der Waals surface area (Å²) in [6.45, 7) is 3.77. The van der Waals surface area contributed by atoms with Crippen molar-refractivity contribution in [2.24, 2.45) is 0 Å². The summed E-state index contributed by atoms with van der Waals surface area (Å²) >= 11 is 0. The van der Waals surface area contributed by atoms with Crippen LogP contribution in [0.5, 0.6) is 11.5 Å². The van der Waals surface area contributed by atoms with Gasteiger partial charge in [0.25, 0.3) is 0 Å². The largest absolute Gasteiger partial charge is 0.496 e. The second-order valence-electron chi connectivity index (χ2n) is 3.49. The Morgan fingerprint density at radius 1 is 1.20 bits per heavy atom. The van der Waals surface area contributed by atoms with E-state index in [0.29, 0.717) is 0 Å². The maximum atomic E-state index is 10.8. The molecule has 1 rings (SSSR count). The Kier molecular flexibility index (Phi) is 3.72. The smallest absolute Gasteiger partial charge is 0.127 e. The summed E-state index contributed by atoms with van der Waals surface area (Å²) in [6.07, 6.45) is 0.895. The van der Waals surface area contributed by atoms with Gasteiger partial charge in [0.05, 0.1) is 14.2 Å². The number of ether oxygens (including phenoxy) is 2. The number of aryl methyl sites for hydroxylation is 1. The molecule has 1 aromatic carbocycles. The predicted molar refractivity (Wildman–Crippen MR) is 58.8 cm³/mol. The lowest BCUT2D eigenvalue weighted by molar-refractivity contribution is -0.108. The highest BCUT2D eigenvalue weighted by atomic mass is 16.5. The van der Waals surface area contributed by atoms with E-state index in [4.69, 9.17) is 9.47 Å². The van der Waals surface area contributed by atoms with Gasteiger partial charge in [0.1, 0.15) is 17.8 Å². The highest BCUT2D eigenvalue weighted by Gasteiger charge is 2.13. The van der Waals surface area contributed by atoms with Gasteiger partial charge in [-0.15, -0.1) is 0 Å². The number of benzene rings is 1. The molecule has 0 radical (unpaired) electrons. The van der Waals surface area contributed by atoms with Crippen LogP contribution in [-0.2, 0) is 4.79 Å². The van der Waals surface area contributed by atoms with Crippen LogP contribution in [0.15, 0.2) is 12.1 Å². The van der Waals surface area contributed by atoms with Crippen LogP contribution >= 0.6 is 0 Å². The first-order valence-electron chi connectivity index (χ1n) is 4.81. The van der Waals surface area contributed by atoms with Gasteiger partial charge < -0.3 is 14.3 Å². The van der Waals surface area contributed by atoms with Crippen LogP contribution in [0, 0.1) is 6.92 Å². The zero-order valence-corrected chi connectivity index (χ0v) is 9.53. The highest BCUT2D eigenvalue weighted by molar-refractivity contribution is 5.65. The molecule has 0 aromatic heterocycles. The van der Waals surface area contributed by atoms with Crippen molar-refractivity contribution in [3.63, 3.8) is 0 Å². The number of carbonyl (C=O) groups is 1. The third-order valence-corrected chi connectivity index (χ3v) is 2.44. The molecule has 1 atom stereocenters. The van der Waals surface area contributed by atoms with E-state index in [2.05, 4.69) is 0 Å². The molecule has 0 heterocycles. The average Bonchev–Trinajstić information content (AvgIpc) is 2.27. The van der Waals surface area contributed by atoms with Crippen molar-refractivity contribution in [2.75, 3.05) is 14.2 Å². The molecule has 0 aliphatic carbocycles. The number of rotatable bonds is 4. The zero-order valence-electron chi connectivity index (χ0n) is 9.53. The lowest BCUT2D eigenvalue weighted by atomic mass is 9.99. The van der Waals surface area contributed by atoms with E-state index in [1.54, 1.807) is 14.2 Å². The minimum atomic E-state index is -0.186. The molecule has 0 aliphatic heterocycles. The van der Waals surface area contributed by atoms with Crippen molar-refractivity contribution < 1.29 is 14.3 Å². The molecule has 0 saturated heterocycles. The number of aldehydes is 1. The lowest BCUT2D eigenvalue weighted by Crippen LogP contribution is -2.00. The maximum absolute atomic E-state index is 10.8. The molecular formula is C12H16O3. The van der Waals surface area contributed by atoms with Gasteiger partial charge in [-0.3, -0.25) is 0 Å². The van der Waals surface area contributed by atoms with Crippen LogP contribution in [0.25, 0.3) is 0 Å². The van der Waals surface area contributed by atoms with Crippen LogP contribution in [-0.4, -0.2) is 20.5 Å². The van der Waals surface area contributed by atoms with Gasteiger partial charge in [-0.25, -0.2) is 0 Å². The number of hydrogen-bond acceptors (Lipinski definition) is 3. The minimum Gasteiger partial charge on any atom is -0.496 e. The van der Waals surface area contributed by atoms with Crippen molar-refractivity contribution in [1.29, 1.82) is 0 Å². The monoisotopic (exact) mass is 208 g/mol. The molecule has 82 valence electrons. The van der Waals surface area contributed by atoms with Crippen LogP contribution in [0.4, 0.5) is 0 Å². The molecule has 0 N–H and O–H groups in total. The third-order valence-electron chi connectivity index (χ3n) is 2.44. The summed E-state index contributed by atoms with van der Waals surface area (Å²) in [7, 11) is 3.21. The Labute approximate surface area is 90.0 Å². The third kappa shape index (κ3) is 2.29. The molecule has 15 heavy (non-hydrogen) atoms. The molecule has 0 saturated carbocycles. The van der Waals surface area contributed by atoms with Crippen molar-refractivity contribution in [3.8, 4) is 11.5 Å². The summed E-state index contributed by atoms with van der Waals surface area (Å²) in [6, 6.07) is 3.74. The molecular weight excluding hydrogens is 192 g/mol. The van der Waals surface area contributed by atoms with Crippen molar-refractivity contribution in [2.45, 2.75) is 19.8 Å². The second kappa shape index (κ2) is 4.82. The first-order chi connectivity index (χ1) is 7.13. The fourth-order valence-corrected chi connectivity index (χ4v) is 1.50. The standard InChI is InChI=1S/C12H16O3/c1-8-5-12(15-4)10(9(2)7-13)6-11(8)14-3/h5-7,9H,1-4H3. The van der Waals surface area contributed by atoms with Gasteiger partial charge in [-0.1, -0.05) is 6.92 Å². The van der Waals surface area contributed by atoms with E-state index in [9.17, 15) is 4.79 Å². The molecule has 1 aromatic rings. The summed E-state index contributed by atoms with van der Waals surface area (Å²) in [5.74, 6) is 1.32. The number of hydrogen-bond donors (Lipinski definition) is 0. The van der Waals surface area contributed by atoms with Crippen LogP contribution < -0.4 is 9.47 Å². The molecule has 0 aliphatic rings. The predicted octanol–water partition coefficient (Wildman–Crippen LogP) is 2.31. The Balaban J connectivity index is 3.28.